The highest BCUT2D eigenvalue weighted by molar-refractivity contribution is 6.10. The highest BCUT2D eigenvalue weighted by Crippen LogP contribution is 2.27. The Kier molecular flexibility index (Phi) is 6.10. The molecule has 0 radical (unpaired) electrons. The Labute approximate surface area is 186 Å². The minimum absolute atomic E-state index is 0.0410. The molecule has 3 aromatic carbocycles. The molecule has 0 aliphatic carbocycles. The third kappa shape index (κ3) is 4.42. The Morgan fingerprint density at radius 1 is 1.00 bits per heavy atom. The van der Waals surface area contributed by atoms with Gasteiger partial charge in [-0.1, -0.05) is 60.7 Å². The maximum absolute atomic E-state index is 12.9. The van der Waals surface area contributed by atoms with E-state index in [9.17, 15) is 10.1 Å². The molecule has 6 heteroatoms. The van der Waals surface area contributed by atoms with Gasteiger partial charge in [0.1, 0.15) is 17.4 Å². The Morgan fingerprint density at radius 3 is 2.34 bits per heavy atom. The van der Waals surface area contributed by atoms with Gasteiger partial charge in [0.05, 0.1) is 24.2 Å². The number of nitrogens with one attached hydrogen (secondary N) is 1. The number of carbonyl (C=O) groups excluding carboxylic acids is 1. The summed E-state index contributed by atoms with van der Waals surface area (Å²) in [5.74, 6) is -0.0107. The maximum atomic E-state index is 12.9. The van der Waals surface area contributed by atoms with E-state index >= 15 is 0 Å². The number of amides is 1. The fourth-order valence-corrected chi connectivity index (χ4v) is 3.27. The lowest BCUT2D eigenvalue weighted by molar-refractivity contribution is -0.112. The molecule has 4 rings (SSSR count). The van der Waals surface area contributed by atoms with Crippen LogP contribution in [0.15, 0.2) is 96.7 Å². The molecule has 0 aliphatic rings. The van der Waals surface area contributed by atoms with E-state index in [0.717, 1.165) is 11.3 Å². The predicted octanol–water partition coefficient (Wildman–Crippen LogP) is 5.09. The van der Waals surface area contributed by atoms with Gasteiger partial charge in [-0.15, -0.1) is 0 Å². The minimum Gasteiger partial charge on any atom is -0.495 e. The van der Waals surface area contributed by atoms with Crippen LogP contribution in [0.4, 0.5) is 5.69 Å². The van der Waals surface area contributed by atoms with Crippen molar-refractivity contribution in [1.82, 2.24) is 9.78 Å². The molecule has 0 bridgehead atoms. The quantitative estimate of drug-likeness (QED) is 0.348. The molecule has 1 aromatic heterocycles. The number of nitriles is 1. The van der Waals surface area contributed by atoms with Crippen LogP contribution in [0.5, 0.6) is 5.75 Å². The fraction of sp³-hybridized carbons (Fsp3) is 0.0385. The average Bonchev–Trinajstić information content (AvgIpc) is 3.28. The summed E-state index contributed by atoms with van der Waals surface area (Å²) < 4.78 is 7.01. The summed E-state index contributed by atoms with van der Waals surface area (Å²) in [7, 11) is 1.52. The third-order valence-corrected chi connectivity index (χ3v) is 4.83. The molecule has 156 valence electrons. The monoisotopic (exact) mass is 420 g/mol. The van der Waals surface area contributed by atoms with Crippen LogP contribution in [0.1, 0.15) is 5.56 Å². The van der Waals surface area contributed by atoms with Gasteiger partial charge in [-0.2, -0.15) is 10.4 Å². The second kappa shape index (κ2) is 9.45. The molecule has 1 amide bonds. The lowest BCUT2D eigenvalue weighted by Gasteiger charge is -2.09. The van der Waals surface area contributed by atoms with Crippen LogP contribution in [0.3, 0.4) is 0 Å². The SMILES string of the molecule is COc1ccccc1NC(=O)/C(C#N)=C/c1cn(-c2ccccc2)nc1-c1ccccc1. The molecule has 4 aromatic rings. The number of anilines is 1. The molecule has 32 heavy (non-hydrogen) atoms. The van der Waals surface area contributed by atoms with Crippen LogP contribution < -0.4 is 10.1 Å². The van der Waals surface area contributed by atoms with Gasteiger partial charge < -0.3 is 10.1 Å². The minimum atomic E-state index is -0.525. The number of methoxy groups -OCH3 is 1. The van der Waals surface area contributed by atoms with Crippen molar-refractivity contribution in [1.29, 1.82) is 5.26 Å². The molecule has 0 fully saturated rings. The van der Waals surface area contributed by atoms with Gasteiger partial charge in [-0.05, 0) is 30.3 Å². The van der Waals surface area contributed by atoms with Crippen molar-refractivity contribution in [3.05, 3.63) is 102 Å². The van der Waals surface area contributed by atoms with Crippen LogP contribution >= 0.6 is 0 Å². The third-order valence-electron chi connectivity index (χ3n) is 4.83. The molecule has 0 aliphatic heterocycles. The van der Waals surface area contributed by atoms with Crippen molar-refractivity contribution < 1.29 is 9.53 Å². The zero-order chi connectivity index (χ0) is 22.3. The first kappa shape index (κ1) is 20.6. The summed E-state index contributed by atoms with van der Waals surface area (Å²) >= 11 is 0. The maximum Gasteiger partial charge on any atom is 0.266 e. The van der Waals surface area contributed by atoms with Crippen molar-refractivity contribution in [3.8, 4) is 28.8 Å². The average molecular weight is 420 g/mol. The van der Waals surface area contributed by atoms with E-state index in [4.69, 9.17) is 9.84 Å². The van der Waals surface area contributed by atoms with E-state index in [1.165, 1.54) is 7.11 Å². The highest BCUT2D eigenvalue weighted by atomic mass is 16.5. The van der Waals surface area contributed by atoms with Crippen molar-refractivity contribution in [2.45, 2.75) is 0 Å². The molecular formula is C26H20N4O2. The number of aromatic nitrogens is 2. The molecule has 0 spiro atoms. The Hall–Kier alpha value is -4.63. The number of nitrogens with zero attached hydrogens (tertiary/aromatic N) is 3. The summed E-state index contributed by atoms with van der Waals surface area (Å²) in [6.07, 6.45) is 3.37. The second-order valence-electron chi connectivity index (χ2n) is 6.90. The van der Waals surface area contributed by atoms with Crippen molar-refractivity contribution >= 4 is 17.7 Å². The second-order valence-corrected chi connectivity index (χ2v) is 6.90. The molecule has 0 saturated carbocycles. The van der Waals surface area contributed by atoms with E-state index in [0.29, 0.717) is 22.7 Å². The lowest BCUT2D eigenvalue weighted by Crippen LogP contribution is -2.14. The van der Waals surface area contributed by atoms with Crippen LogP contribution in [-0.2, 0) is 4.79 Å². The van der Waals surface area contributed by atoms with Gasteiger partial charge in [0.15, 0.2) is 0 Å². The predicted molar refractivity (Wildman–Crippen MR) is 124 cm³/mol. The highest BCUT2D eigenvalue weighted by Gasteiger charge is 2.16. The Balaban J connectivity index is 1.74. The van der Waals surface area contributed by atoms with Crippen molar-refractivity contribution in [2.24, 2.45) is 0 Å². The van der Waals surface area contributed by atoms with E-state index in [2.05, 4.69) is 5.32 Å². The molecule has 6 nitrogen and oxygen atoms in total. The van der Waals surface area contributed by atoms with E-state index in [1.54, 1.807) is 35.0 Å². The Bertz CT molecular complexity index is 1300. The molecule has 0 saturated heterocycles. The van der Waals surface area contributed by atoms with Crippen molar-refractivity contribution in [3.63, 3.8) is 0 Å². The summed E-state index contributed by atoms with van der Waals surface area (Å²) in [5, 5.41) is 17.2. The summed E-state index contributed by atoms with van der Waals surface area (Å²) in [4.78, 5) is 12.9. The van der Waals surface area contributed by atoms with Gasteiger partial charge in [-0.3, -0.25) is 4.79 Å². The smallest absolute Gasteiger partial charge is 0.266 e. The first-order chi connectivity index (χ1) is 15.7. The molecular weight excluding hydrogens is 400 g/mol. The zero-order valence-electron chi connectivity index (χ0n) is 17.4. The zero-order valence-corrected chi connectivity index (χ0v) is 17.4. The topological polar surface area (TPSA) is 79.9 Å². The summed E-state index contributed by atoms with van der Waals surface area (Å²) in [5.41, 5.74) is 3.54. The van der Waals surface area contributed by atoms with Crippen LogP contribution in [0.2, 0.25) is 0 Å². The van der Waals surface area contributed by atoms with E-state index in [1.807, 2.05) is 72.9 Å². The Morgan fingerprint density at radius 2 is 1.66 bits per heavy atom. The molecule has 1 heterocycles. The van der Waals surface area contributed by atoms with Gasteiger partial charge in [-0.25, -0.2) is 4.68 Å². The number of hydrogen-bond acceptors (Lipinski definition) is 4. The van der Waals surface area contributed by atoms with Crippen LogP contribution in [0, 0.1) is 11.3 Å². The van der Waals surface area contributed by atoms with Crippen LogP contribution in [-0.4, -0.2) is 22.8 Å². The largest absolute Gasteiger partial charge is 0.495 e. The molecule has 1 N–H and O–H groups in total. The van der Waals surface area contributed by atoms with Crippen LogP contribution in [0.25, 0.3) is 23.0 Å². The first-order valence-electron chi connectivity index (χ1n) is 9.96. The fourth-order valence-electron chi connectivity index (χ4n) is 3.27. The number of benzene rings is 3. The number of carbonyl (C=O) groups is 1. The number of ether oxygens (including phenoxy) is 1. The van der Waals surface area contributed by atoms with Gasteiger partial charge >= 0.3 is 0 Å². The van der Waals surface area contributed by atoms with E-state index < -0.39 is 5.91 Å². The molecule has 0 unspecified atom stereocenters. The van der Waals surface area contributed by atoms with E-state index in [-0.39, 0.29) is 5.57 Å². The number of para-hydroxylation sites is 3. The first-order valence-corrected chi connectivity index (χ1v) is 9.96. The molecule has 0 atom stereocenters. The van der Waals surface area contributed by atoms with Gasteiger partial charge in [0.25, 0.3) is 5.91 Å². The van der Waals surface area contributed by atoms with Gasteiger partial charge in [0, 0.05) is 17.3 Å². The summed E-state index contributed by atoms with van der Waals surface area (Å²) in [6.45, 7) is 0. The number of hydrogen-bond donors (Lipinski definition) is 1. The number of rotatable bonds is 6. The summed E-state index contributed by atoms with van der Waals surface area (Å²) in [6, 6.07) is 28.4. The van der Waals surface area contributed by atoms with Crippen molar-refractivity contribution in [2.75, 3.05) is 12.4 Å². The lowest BCUT2D eigenvalue weighted by atomic mass is 10.1. The normalized spacial score (nSPS) is 10.9. The standard InChI is InChI=1S/C26H20N4O2/c1-32-24-15-9-8-14-23(24)28-26(31)20(17-27)16-21-18-30(22-12-6-3-7-13-22)29-25(21)19-10-4-2-5-11-19/h2-16,18H,1H3,(H,28,31)/b20-16+. The van der Waals surface area contributed by atoms with Gasteiger partial charge in [0.2, 0.25) is 0 Å².